The Morgan fingerprint density at radius 2 is 2.14 bits per heavy atom. The molecule has 0 radical (unpaired) electrons. The van der Waals surface area contributed by atoms with Crippen molar-refractivity contribution in [1.29, 1.82) is 0 Å². The van der Waals surface area contributed by atoms with Crippen molar-refractivity contribution in [3.8, 4) is 0 Å². The third-order valence-electron chi connectivity index (χ3n) is 1.36. The number of esters is 1. The molecule has 0 saturated carbocycles. The zero-order valence-corrected chi connectivity index (χ0v) is 9.50. The van der Waals surface area contributed by atoms with E-state index in [-0.39, 0.29) is 12.4 Å². The molecule has 0 aliphatic carbocycles. The van der Waals surface area contributed by atoms with E-state index < -0.39 is 5.97 Å². The Balaban J connectivity index is 2.69. The summed E-state index contributed by atoms with van der Waals surface area (Å²) in [6.45, 7) is 0.928. The number of thiophene rings is 1. The van der Waals surface area contributed by atoms with Gasteiger partial charge in [0.05, 0.1) is 9.90 Å². The standard InChI is InChI=1S/C8H6Cl2O3S/c1-4(11)13-3-6(12)5-2-7(9)14-8(5)10/h2H,3H2,1H3. The van der Waals surface area contributed by atoms with Crippen molar-refractivity contribution >= 4 is 46.3 Å². The second kappa shape index (κ2) is 4.77. The van der Waals surface area contributed by atoms with Crippen LogP contribution in [-0.2, 0) is 9.53 Å². The molecule has 0 fully saturated rings. The third-order valence-corrected chi connectivity index (χ3v) is 2.85. The molecule has 0 bridgehead atoms. The van der Waals surface area contributed by atoms with Crippen LogP contribution in [0.4, 0.5) is 0 Å². The second-order valence-corrected chi connectivity index (χ2v) is 4.73. The van der Waals surface area contributed by atoms with Gasteiger partial charge in [-0.2, -0.15) is 0 Å². The smallest absolute Gasteiger partial charge is 0.303 e. The summed E-state index contributed by atoms with van der Waals surface area (Å²) in [6, 6.07) is 1.46. The monoisotopic (exact) mass is 252 g/mol. The first-order chi connectivity index (χ1) is 6.50. The van der Waals surface area contributed by atoms with Gasteiger partial charge < -0.3 is 4.74 Å². The fraction of sp³-hybridized carbons (Fsp3) is 0.250. The maximum atomic E-state index is 11.4. The summed E-state index contributed by atoms with van der Waals surface area (Å²) < 4.78 is 5.28. The van der Waals surface area contributed by atoms with Gasteiger partial charge in [0.2, 0.25) is 5.78 Å². The number of carbonyl (C=O) groups excluding carboxylic acids is 2. The molecule has 3 nitrogen and oxygen atoms in total. The molecule has 0 atom stereocenters. The van der Waals surface area contributed by atoms with Crippen molar-refractivity contribution in [3.63, 3.8) is 0 Å². The van der Waals surface area contributed by atoms with Crippen LogP contribution in [0.1, 0.15) is 17.3 Å². The predicted octanol–water partition coefficient (Wildman–Crippen LogP) is 2.80. The highest BCUT2D eigenvalue weighted by Gasteiger charge is 2.14. The molecule has 0 aromatic carbocycles. The zero-order valence-electron chi connectivity index (χ0n) is 7.17. The van der Waals surface area contributed by atoms with Gasteiger partial charge in [0.15, 0.2) is 6.61 Å². The van der Waals surface area contributed by atoms with Crippen molar-refractivity contribution in [2.45, 2.75) is 6.92 Å². The molecule has 0 amide bonds. The fourth-order valence-corrected chi connectivity index (χ4v) is 2.27. The first kappa shape index (κ1) is 11.5. The maximum absolute atomic E-state index is 11.4. The van der Waals surface area contributed by atoms with E-state index in [9.17, 15) is 9.59 Å². The number of carbonyl (C=O) groups is 2. The molecule has 6 heteroatoms. The van der Waals surface area contributed by atoms with E-state index in [1.165, 1.54) is 13.0 Å². The highest BCUT2D eigenvalue weighted by Crippen LogP contribution is 2.31. The van der Waals surface area contributed by atoms with Crippen molar-refractivity contribution in [3.05, 3.63) is 20.3 Å². The Morgan fingerprint density at radius 3 is 2.57 bits per heavy atom. The van der Waals surface area contributed by atoms with E-state index in [0.29, 0.717) is 14.2 Å². The highest BCUT2D eigenvalue weighted by molar-refractivity contribution is 7.20. The SMILES string of the molecule is CC(=O)OCC(=O)c1cc(Cl)sc1Cl. The number of hydrogen-bond donors (Lipinski definition) is 0. The quantitative estimate of drug-likeness (QED) is 0.614. The van der Waals surface area contributed by atoms with Crippen molar-refractivity contribution in [2.24, 2.45) is 0 Å². The van der Waals surface area contributed by atoms with Crippen LogP contribution in [0.2, 0.25) is 8.67 Å². The van der Waals surface area contributed by atoms with Gasteiger partial charge in [-0.1, -0.05) is 23.2 Å². The molecule has 0 aliphatic rings. The second-order valence-electron chi connectivity index (χ2n) is 2.44. The van der Waals surface area contributed by atoms with Gasteiger partial charge in [-0.05, 0) is 6.07 Å². The molecule has 1 heterocycles. The largest absolute Gasteiger partial charge is 0.457 e. The van der Waals surface area contributed by atoms with Crippen LogP contribution >= 0.6 is 34.5 Å². The van der Waals surface area contributed by atoms with Gasteiger partial charge in [0.1, 0.15) is 4.34 Å². The minimum Gasteiger partial charge on any atom is -0.457 e. The Kier molecular flexibility index (Phi) is 3.92. The van der Waals surface area contributed by atoms with E-state index in [1.807, 2.05) is 0 Å². The summed E-state index contributed by atoms with van der Waals surface area (Å²) in [4.78, 5) is 21.8. The lowest BCUT2D eigenvalue weighted by Crippen LogP contribution is -2.11. The molecule has 0 aliphatic heterocycles. The summed E-state index contributed by atoms with van der Waals surface area (Å²) in [7, 11) is 0. The lowest BCUT2D eigenvalue weighted by molar-refractivity contribution is -0.139. The van der Waals surface area contributed by atoms with Crippen LogP contribution in [0.3, 0.4) is 0 Å². The van der Waals surface area contributed by atoms with Gasteiger partial charge in [-0.3, -0.25) is 9.59 Å². The molecule has 0 saturated heterocycles. The van der Waals surface area contributed by atoms with E-state index in [0.717, 1.165) is 11.3 Å². The van der Waals surface area contributed by atoms with Crippen LogP contribution in [0.5, 0.6) is 0 Å². The Labute approximate surface area is 94.6 Å². The molecule has 1 aromatic rings. The first-order valence-corrected chi connectivity index (χ1v) is 5.19. The molecule has 1 aromatic heterocycles. The fourth-order valence-electron chi connectivity index (χ4n) is 0.775. The summed E-state index contributed by atoms with van der Waals surface area (Å²) >= 11 is 12.5. The predicted molar refractivity (Wildman–Crippen MR) is 55.3 cm³/mol. The Bertz CT molecular complexity index is 373. The molecule has 76 valence electrons. The van der Waals surface area contributed by atoms with Gasteiger partial charge in [-0.25, -0.2) is 0 Å². The number of rotatable bonds is 3. The summed E-state index contributed by atoms with van der Waals surface area (Å²) in [5, 5.41) is 0. The summed E-state index contributed by atoms with van der Waals surface area (Å²) in [5.41, 5.74) is 0.294. The van der Waals surface area contributed by atoms with Crippen LogP contribution in [0.15, 0.2) is 6.07 Å². The lowest BCUT2D eigenvalue weighted by atomic mass is 10.2. The maximum Gasteiger partial charge on any atom is 0.303 e. The molecule has 0 N–H and O–H groups in total. The molecule has 0 unspecified atom stereocenters. The average molecular weight is 253 g/mol. The van der Waals surface area contributed by atoms with E-state index in [1.54, 1.807) is 0 Å². The minimum atomic E-state index is -0.504. The molecule has 0 spiro atoms. The number of ketones is 1. The Hall–Kier alpha value is -0.580. The van der Waals surface area contributed by atoms with Crippen LogP contribution in [0, 0.1) is 0 Å². The number of hydrogen-bond acceptors (Lipinski definition) is 4. The normalized spacial score (nSPS) is 9.93. The first-order valence-electron chi connectivity index (χ1n) is 3.62. The van der Waals surface area contributed by atoms with Gasteiger partial charge in [-0.15, -0.1) is 11.3 Å². The van der Waals surface area contributed by atoms with E-state index in [2.05, 4.69) is 4.74 Å². The molecule has 1 rings (SSSR count). The van der Waals surface area contributed by atoms with E-state index in [4.69, 9.17) is 23.2 Å². The Morgan fingerprint density at radius 1 is 1.50 bits per heavy atom. The minimum absolute atomic E-state index is 0.294. The third kappa shape index (κ3) is 2.97. The van der Waals surface area contributed by atoms with Gasteiger partial charge in [0.25, 0.3) is 0 Å². The summed E-state index contributed by atoms with van der Waals surface area (Å²) in [6.07, 6.45) is 0. The number of halogens is 2. The topological polar surface area (TPSA) is 43.4 Å². The van der Waals surface area contributed by atoms with Crippen molar-refractivity contribution in [1.82, 2.24) is 0 Å². The van der Waals surface area contributed by atoms with Crippen molar-refractivity contribution in [2.75, 3.05) is 6.61 Å². The van der Waals surface area contributed by atoms with Crippen LogP contribution in [-0.4, -0.2) is 18.4 Å². The summed E-state index contributed by atoms with van der Waals surface area (Å²) in [5.74, 6) is -0.857. The van der Waals surface area contributed by atoms with Gasteiger partial charge in [0, 0.05) is 6.92 Å². The van der Waals surface area contributed by atoms with Crippen LogP contribution in [0.25, 0.3) is 0 Å². The highest BCUT2D eigenvalue weighted by atomic mass is 35.5. The molecular formula is C8H6Cl2O3S. The zero-order chi connectivity index (χ0) is 10.7. The number of ether oxygens (including phenoxy) is 1. The number of Topliss-reactive ketones (excluding diaryl/α,β-unsaturated/α-hetero) is 1. The average Bonchev–Trinajstić information content (AvgIpc) is 2.41. The lowest BCUT2D eigenvalue weighted by Gasteiger charge is -1.99. The van der Waals surface area contributed by atoms with Crippen molar-refractivity contribution < 1.29 is 14.3 Å². The van der Waals surface area contributed by atoms with Crippen LogP contribution < -0.4 is 0 Å². The molecular weight excluding hydrogens is 247 g/mol. The van der Waals surface area contributed by atoms with E-state index >= 15 is 0 Å². The molecule has 14 heavy (non-hydrogen) atoms. The van der Waals surface area contributed by atoms with Gasteiger partial charge >= 0.3 is 5.97 Å².